The molecule has 1 aromatic carbocycles. The molecular weight excluding hydrogens is 165 g/mol. The van der Waals surface area contributed by atoms with Gasteiger partial charge < -0.3 is 5.32 Å². The quantitative estimate of drug-likeness (QED) is 0.748. The van der Waals surface area contributed by atoms with Crippen LogP contribution in [0.25, 0.3) is 0 Å². The highest BCUT2D eigenvalue weighted by molar-refractivity contribution is 5.18. The van der Waals surface area contributed by atoms with Crippen molar-refractivity contribution in [2.24, 2.45) is 5.92 Å². The molecule has 0 amide bonds. The number of hydrogen-bond acceptors (Lipinski definition) is 1. The van der Waals surface area contributed by atoms with Gasteiger partial charge in [-0.15, -0.1) is 0 Å². The molecule has 0 saturated heterocycles. The summed E-state index contributed by atoms with van der Waals surface area (Å²) in [5, 5.41) is 3.25. The van der Waals surface area contributed by atoms with E-state index in [9.17, 15) is 4.39 Å². The van der Waals surface area contributed by atoms with Gasteiger partial charge in [0, 0.05) is 6.04 Å². The van der Waals surface area contributed by atoms with Crippen LogP contribution in [0.2, 0.25) is 0 Å². The number of nitrogens with one attached hydrogen (secondary N) is 1. The molecule has 1 saturated carbocycles. The molecule has 2 atom stereocenters. The van der Waals surface area contributed by atoms with Crippen LogP contribution in [-0.2, 0) is 6.42 Å². The molecular formula is C11H14FN. The van der Waals surface area contributed by atoms with Crippen LogP contribution in [0.3, 0.4) is 0 Å². The smallest absolute Gasteiger partial charge is 0.123 e. The second-order valence-corrected chi connectivity index (χ2v) is 3.72. The Kier molecular flexibility index (Phi) is 2.32. The molecule has 0 heterocycles. The van der Waals surface area contributed by atoms with Gasteiger partial charge in [0.1, 0.15) is 5.82 Å². The highest BCUT2D eigenvalue weighted by atomic mass is 19.1. The third-order valence-corrected chi connectivity index (χ3v) is 2.70. The fraction of sp³-hybridized carbons (Fsp3) is 0.455. The predicted octanol–water partition coefficient (Wildman–Crippen LogP) is 1.98. The van der Waals surface area contributed by atoms with Crippen molar-refractivity contribution < 1.29 is 4.39 Å². The summed E-state index contributed by atoms with van der Waals surface area (Å²) in [4.78, 5) is 0. The summed E-state index contributed by atoms with van der Waals surface area (Å²) < 4.78 is 12.6. The van der Waals surface area contributed by atoms with Crippen LogP contribution >= 0.6 is 0 Å². The van der Waals surface area contributed by atoms with Gasteiger partial charge in [0.15, 0.2) is 0 Å². The standard InChI is InChI=1S/C11H14FN/c1-13-11-7-9(11)6-8-2-4-10(12)5-3-8/h2-5,9,11,13H,6-7H2,1H3. The SMILES string of the molecule is CNC1CC1Cc1ccc(F)cc1. The Morgan fingerprint density at radius 1 is 1.38 bits per heavy atom. The lowest BCUT2D eigenvalue weighted by Gasteiger charge is -1.99. The molecule has 1 nitrogen and oxygen atoms in total. The zero-order valence-electron chi connectivity index (χ0n) is 7.76. The van der Waals surface area contributed by atoms with Gasteiger partial charge in [-0.05, 0) is 43.5 Å². The lowest BCUT2D eigenvalue weighted by atomic mass is 10.1. The summed E-state index contributed by atoms with van der Waals surface area (Å²) in [7, 11) is 2.00. The lowest BCUT2D eigenvalue weighted by molar-refractivity contribution is 0.626. The minimum atomic E-state index is -0.148. The van der Waals surface area contributed by atoms with E-state index in [4.69, 9.17) is 0 Å². The minimum Gasteiger partial charge on any atom is -0.317 e. The fourth-order valence-electron chi connectivity index (χ4n) is 1.75. The van der Waals surface area contributed by atoms with Gasteiger partial charge in [-0.1, -0.05) is 12.1 Å². The first kappa shape index (κ1) is 8.70. The zero-order valence-corrected chi connectivity index (χ0v) is 7.76. The predicted molar refractivity (Wildman–Crippen MR) is 51.1 cm³/mol. The topological polar surface area (TPSA) is 12.0 Å². The van der Waals surface area contributed by atoms with Crippen LogP contribution in [0.1, 0.15) is 12.0 Å². The van der Waals surface area contributed by atoms with Crippen molar-refractivity contribution in [2.45, 2.75) is 18.9 Å². The average molecular weight is 179 g/mol. The first-order valence-electron chi connectivity index (χ1n) is 4.71. The molecule has 0 radical (unpaired) electrons. The summed E-state index contributed by atoms with van der Waals surface area (Å²) in [6.45, 7) is 0. The Hall–Kier alpha value is -0.890. The minimum absolute atomic E-state index is 0.148. The van der Waals surface area contributed by atoms with Crippen LogP contribution < -0.4 is 5.32 Å². The van der Waals surface area contributed by atoms with Gasteiger partial charge in [0.2, 0.25) is 0 Å². The molecule has 1 aromatic rings. The second-order valence-electron chi connectivity index (χ2n) is 3.72. The van der Waals surface area contributed by atoms with Crippen molar-refractivity contribution >= 4 is 0 Å². The third kappa shape index (κ3) is 2.07. The summed E-state index contributed by atoms with van der Waals surface area (Å²) in [5.41, 5.74) is 1.24. The Morgan fingerprint density at radius 3 is 2.62 bits per heavy atom. The molecule has 0 aliphatic heterocycles. The normalized spacial score (nSPS) is 26.0. The number of hydrogen-bond donors (Lipinski definition) is 1. The highest BCUT2D eigenvalue weighted by Gasteiger charge is 2.35. The first-order valence-corrected chi connectivity index (χ1v) is 4.71. The van der Waals surface area contributed by atoms with E-state index in [-0.39, 0.29) is 5.82 Å². The molecule has 2 heteroatoms. The Morgan fingerprint density at radius 2 is 2.08 bits per heavy atom. The third-order valence-electron chi connectivity index (χ3n) is 2.70. The summed E-state index contributed by atoms with van der Waals surface area (Å²) in [6, 6.07) is 7.50. The number of rotatable bonds is 3. The molecule has 1 fully saturated rings. The van der Waals surface area contributed by atoms with Gasteiger partial charge in [-0.25, -0.2) is 4.39 Å². The van der Waals surface area contributed by atoms with Crippen molar-refractivity contribution in [3.05, 3.63) is 35.6 Å². The van der Waals surface area contributed by atoms with Gasteiger partial charge in [0.25, 0.3) is 0 Å². The molecule has 2 rings (SSSR count). The van der Waals surface area contributed by atoms with Gasteiger partial charge in [-0.2, -0.15) is 0 Å². The maximum Gasteiger partial charge on any atom is 0.123 e. The van der Waals surface area contributed by atoms with Crippen LogP contribution in [0.4, 0.5) is 4.39 Å². The maximum absolute atomic E-state index is 12.6. The molecule has 13 heavy (non-hydrogen) atoms. The molecule has 70 valence electrons. The maximum atomic E-state index is 12.6. The van der Waals surface area contributed by atoms with Crippen molar-refractivity contribution in [3.63, 3.8) is 0 Å². The van der Waals surface area contributed by atoms with Crippen LogP contribution in [-0.4, -0.2) is 13.1 Å². The molecule has 0 bridgehead atoms. The van der Waals surface area contributed by atoms with Crippen LogP contribution in [0.15, 0.2) is 24.3 Å². The van der Waals surface area contributed by atoms with Crippen LogP contribution in [0, 0.1) is 11.7 Å². The highest BCUT2D eigenvalue weighted by Crippen LogP contribution is 2.33. The van der Waals surface area contributed by atoms with E-state index in [1.807, 2.05) is 19.2 Å². The molecule has 1 N–H and O–H groups in total. The van der Waals surface area contributed by atoms with Crippen molar-refractivity contribution in [3.8, 4) is 0 Å². The number of benzene rings is 1. The Balaban J connectivity index is 1.92. The number of halogens is 1. The summed E-state index contributed by atoms with van der Waals surface area (Å²) >= 11 is 0. The van der Waals surface area contributed by atoms with E-state index < -0.39 is 0 Å². The van der Waals surface area contributed by atoms with E-state index in [0.29, 0.717) is 6.04 Å². The molecule has 1 aliphatic carbocycles. The molecule has 0 aromatic heterocycles. The molecule has 1 aliphatic rings. The summed E-state index contributed by atoms with van der Waals surface area (Å²) in [5.74, 6) is 0.611. The van der Waals surface area contributed by atoms with Crippen molar-refractivity contribution in [1.82, 2.24) is 5.32 Å². The van der Waals surface area contributed by atoms with E-state index in [1.165, 1.54) is 24.1 Å². The fourth-order valence-corrected chi connectivity index (χ4v) is 1.75. The monoisotopic (exact) mass is 179 g/mol. The largest absolute Gasteiger partial charge is 0.317 e. The van der Waals surface area contributed by atoms with E-state index >= 15 is 0 Å². The van der Waals surface area contributed by atoms with E-state index in [0.717, 1.165) is 12.3 Å². The van der Waals surface area contributed by atoms with E-state index in [2.05, 4.69) is 5.32 Å². The lowest BCUT2D eigenvalue weighted by Crippen LogP contribution is -2.11. The van der Waals surface area contributed by atoms with Gasteiger partial charge in [-0.3, -0.25) is 0 Å². The first-order chi connectivity index (χ1) is 6.29. The second kappa shape index (κ2) is 3.46. The average Bonchev–Trinajstić information content (AvgIpc) is 2.88. The molecule has 2 unspecified atom stereocenters. The van der Waals surface area contributed by atoms with Crippen molar-refractivity contribution in [2.75, 3.05) is 7.05 Å². The zero-order chi connectivity index (χ0) is 9.26. The van der Waals surface area contributed by atoms with Crippen LogP contribution in [0.5, 0.6) is 0 Å². The van der Waals surface area contributed by atoms with Gasteiger partial charge >= 0.3 is 0 Å². The summed E-state index contributed by atoms with van der Waals surface area (Å²) in [6.07, 6.45) is 2.33. The molecule has 0 spiro atoms. The Labute approximate surface area is 78.0 Å². The van der Waals surface area contributed by atoms with Gasteiger partial charge in [0.05, 0.1) is 0 Å². The van der Waals surface area contributed by atoms with E-state index in [1.54, 1.807) is 0 Å². The van der Waals surface area contributed by atoms with Crippen molar-refractivity contribution in [1.29, 1.82) is 0 Å². The Bertz CT molecular complexity index is 281.